The van der Waals surface area contributed by atoms with E-state index in [1.165, 1.54) is 13.2 Å². The van der Waals surface area contributed by atoms with Gasteiger partial charge in [0.2, 0.25) is 0 Å². The number of hydrogen-bond acceptors (Lipinski definition) is 5. The summed E-state index contributed by atoms with van der Waals surface area (Å²) in [5.41, 5.74) is 0.537. The lowest BCUT2D eigenvalue weighted by atomic mass is 10.1. The molecule has 0 saturated heterocycles. The third kappa shape index (κ3) is 3.08. The number of nitrogens with one attached hydrogen (secondary N) is 1. The predicted octanol–water partition coefficient (Wildman–Crippen LogP) is 4.23. The van der Waals surface area contributed by atoms with E-state index in [1.807, 2.05) is 24.4 Å². The van der Waals surface area contributed by atoms with E-state index in [-0.39, 0.29) is 11.7 Å². The van der Waals surface area contributed by atoms with Gasteiger partial charge in [-0.1, -0.05) is 13.0 Å². The summed E-state index contributed by atoms with van der Waals surface area (Å²) in [6, 6.07) is 8.92. The second-order valence-electron chi connectivity index (χ2n) is 4.26. The molecule has 106 valence electrons. The molecule has 0 aliphatic heterocycles. The Morgan fingerprint density at radius 1 is 1.45 bits per heavy atom. The zero-order valence-electron chi connectivity index (χ0n) is 11.3. The number of hydrogen-bond donors (Lipinski definition) is 1. The minimum Gasteiger partial charge on any atom is -0.496 e. The van der Waals surface area contributed by atoms with Crippen molar-refractivity contribution in [1.82, 2.24) is 0 Å². The van der Waals surface area contributed by atoms with E-state index in [1.54, 1.807) is 23.5 Å². The van der Waals surface area contributed by atoms with Crippen LogP contribution in [0.15, 0.2) is 35.7 Å². The quantitative estimate of drug-likeness (QED) is 0.639. The summed E-state index contributed by atoms with van der Waals surface area (Å²) in [6.45, 7) is 2.05. The van der Waals surface area contributed by atoms with Crippen LogP contribution in [0.4, 0.5) is 11.4 Å². The topological polar surface area (TPSA) is 64.4 Å². The summed E-state index contributed by atoms with van der Waals surface area (Å²) in [5, 5.41) is 16.4. The fourth-order valence-corrected chi connectivity index (χ4v) is 2.82. The first kappa shape index (κ1) is 14.3. The van der Waals surface area contributed by atoms with Crippen LogP contribution in [0.5, 0.6) is 5.75 Å². The molecule has 1 unspecified atom stereocenters. The highest BCUT2D eigenvalue weighted by Crippen LogP contribution is 2.33. The van der Waals surface area contributed by atoms with Crippen molar-refractivity contribution < 1.29 is 9.66 Å². The Labute approximate surface area is 121 Å². The summed E-state index contributed by atoms with van der Waals surface area (Å²) in [4.78, 5) is 11.9. The number of ether oxygens (including phenoxy) is 1. The normalized spacial score (nSPS) is 11.9. The molecule has 5 nitrogen and oxygen atoms in total. The number of anilines is 1. The van der Waals surface area contributed by atoms with E-state index >= 15 is 0 Å². The molecule has 0 fully saturated rings. The van der Waals surface area contributed by atoms with E-state index in [9.17, 15) is 10.1 Å². The van der Waals surface area contributed by atoms with Crippen LogP contribution in [-0.4, -0.2) is 12.0 Å². The molecule has 1 aromatic heterocycles. The molecule has 0 radical (unpaired) electrons. The highest BCUT2D eigenvalue weighted by molar-refractivity contribution is 7.10. The fourth-order valence-electron chi connectivity index (χ4n) is 1.96. The van der Waals surface area contributed by atoms with Gasteiger partial charge in [0.1, 0.15) is 11.4 Å². The molecule has 1 heterocycles. The highest BCUT2D eigenvalue weighted by atomic mass is 32.1. The van der Waals surface area contributed by atoms with Crippen LogP contribution in [0.2, 0.25) is 0 Å². The molecule has 0 aliphatic rings. The molecule has 1 atom stereocenters. The van der Waals surface area contributed by atoms with Gasteiger partial charge in [0.25, 0.3) is 5.69 Å². The smallest absolute Gasteiger partial charge is 0.296 e. The summed E-state index contributed by atoms with van der Waals surface area (Å²) in [5.74, 6) is 0.478. The van der Waals surface area contributed by atoms with Gasteiger partial charge in [0.15, 0.2) is 0 Å². The molecule has 0 saturated carbocycles. The Bertz CT molecular complexity index is 584. The number of nitro benzene ring substituents is 1. The average Bonchev–Trinajstić information content (AvgIpc) is 2.98. The lowest BCUT2D eigenvalue weighted by molar-refractivity contribution is -0.384. The van der Waals surface area contributed by atoms with Crippen LogP contribution in [0.1, 0.15) is 24.3 Å². The molecule has 2 rings (SSSR count). The van der Waals surface area contributed by atoms with Gasteiger partial charge in [0.05, 0.1) is 24.1 Å². The number of rotatable bonds is 6. The van der Waals surface area contributed by atoms with Crippen molar-refractivity contribution in [3.63, 3.8) is 0 Å². The second kappa shape index (κ2) is 6.38. The maximum Gasteiger partial charge on any atom is 0.296 e. The molecule has 1 aromatic carbocycles. The lowest BCUT2D eigenvalue weighted by Gasteiger charge is -2.17. The minimum absolute atomic E-state index is 0.0272. The number of nitrogens with zero attached hydrogens (tertiary/aromatic N) is 1. The summed E-state index contributed by atoms with van der Waals surface area (Å²) < 4.78 is 5.03. The van der Waals surface area contributed by atoms with Crippen LogP contribution >= 0.6 is 11.3 Å². The predicted molar refractivity (Wildman–Crippen MR) is 80.6 cm³/mol. The van der Waals surface area contributed by atoms with E-state index in [0.717, 1.165) is 11.3 Å². The molecular formula is C14H16N2O3S. The van der Waals surface area contributed by atoms with Crippen molar-refractivity contribution in [3.8, 4) is 5.75 Å². The van der Waals surface area contributed by atoms with Crippen LogP contribution in [0, 0.1) is 10.1 Å². The SMILES string of the molecule is CCC(Nc1ccc(OC)cc1[N+](=O)[O-])c1cccs1. The first-order valence-electron chi connectivity index (χ1n) is 6.28. The van der Waals surface area contributed by atoms with Crippen LogP contribution in [0.25, 0.3) is 0 Å². The zero-order chi connectivity index (χ0) is 14.5. The van der Waals surface area contributed by atoms with Gasteiger partial charge in [-0.25, -0.2) is 0 Å². The summed E-state index contributed by atoms with van der Waals surface area (Å²) >= 11 is 1.64. The first-order valence-corrected chi connectivity index (χ1v) is 7.16. The van der Waals surface area contributed by atoms with E-state index in [4.69, 9.17) is 4.74 Å². The third-order valence-electron chi connectivity index (χ3n) is 3.03. The van der Waals surface area contributed by atoms with Crippen LogP contribution < -0.4 is 10.1 Å². The molecule has 20 heavy (non-hydrogen) atoms. The molecule has 1 N–H and O–H groups in total. The van der Waals surface area contributed by atoms with Crippen LogP contribution in [-0.2, 0) is 0 Å². The van der Waals surface area contributed by atoms with Crippen molar-refractivity contribution in [2.75, 3.05) is 12.4 Å². The number of methoxy groups -OCH3 is 1. The van der Waals surface area contributed by atoms with E-state index in [2.05, 4.69) is 5.32 Å². The first-order chi connectivity index (χ1) is 9.65. The Hall–Kier alpha value is -2.08. The summed E-state index contributed by atoms with van der Waals surface area (Å²) in [7, 11) is 1.49. The van der Waals surface area contributed by atoms with E-state index < -0.39 is 4.92 Å². The molecule has 0 spiro atoms. The highest BCUT2D eigenvalue weighted by Gasteiger charge is 2.19. The van der Waals surface area contributed by atoms with Crippen molar-refractivity contribution in [3.05, 3.63) is 50.7 Å². The van der Waals surface area contributed by atoms with Gasteiger partial charge in [0, 0.05) is 4.88 Å². The Kier molecular flexibility index (Phi) is 4.57. The Morgan fingerprint density at radius 2 is 2.25 bits per heavy atom. The number of benzene rings is 1. The third-order valence-corrected chi connectivity index (χ3v) is 4.01. The van der Waals surface area contributed by atoms with Crippen molar-refractivity contribution >= 4 is 22.7 Å². The van der Waals surface area contributed by atoms with Gasteiger partial charge >= 0.3 is 0 Å². The molecular weight excluding hydrogens is 276 g/mol. The zero-order valence-corrected chi connectivity index (χ0v) is 12.1. The standard InChI is InChI=1S/C14H16N2O3S/c1-3-11(14-5-4-8-20-14)15-12-7-6-10(19-2)9-13(12)16(17)18/h4-9,11,15H,3H2,1-2H3. The Balaban J connectivity index is 2.30. The second-order valence-corrected chi connectivity index (χ2v) is 5.24. The van der Waals surface area contributed by atoms with Crippen molar-refractivity contribution in [2.45, 2.75) is 19.4 Å². The number of thiophene rings is 1. The number of nitro groups is 1. The molecule has 2 aromatic rings. The lowest BCUT2D eigenvalue weighted by Crippen LogP contribution is -2.09. The minimum atomic E-state index is -0.397. The van der Waals surface area contributed by atoms with Gasteiger partial charge in [-0.15, -0.1) is 11.3 Å². The monoisotopic (exact) mass is 292 g/mol. The van der Waals surface area contributed by atoms with Gasteiger partial charge < -0.3 is 10.1 Å². The van der Waals surface area contributed by atoms with Gasteiger partial charge in [-0.05, 0) is 30.0 Å². The Morgan fingerprint density at radius 3 is 2.80 bits per heavy atom. The van der Waals surface area contributed by atoms with Crippen molar-refractivity contribution in [2.24, 2.45) is 0 Å². The maximum atomic E-state index is 11.2. The molecule has 0 bridgehead atoms. The largest absolute Gasteiger partial charge is 0.496 e. The van der Waals surface area contributed by atoms with Crippen molar-refractivity contribution in [1.29, 1.82) is 0 Å². The average molecular weight is 292 g/mol. The van der Waals surface area contributed by atoms with Gasteiger partial charge in [-0.3, -0.25) is 10.1 Å². The molecule has 0 amide bonds. The molecule has 6 heteroatoms. The fraction of sp³-hybridized carbons (Fsp3) is 0.286. The van der Waals surface area contributed by atoms with Gasteiger partial charge in [-0.2, -0.15) is 0 Å². The molecule has 0 aliphatic carbocycles. The van der Waals surface area contributed by atoms with Crippen LogP contribution in [0.3, 0.4) is 0 Å². The van der Waals surface area contributed by atoms with E-state index in [0.29, 0.717) is 11.4 Å². The summed E-state index contributed by atoms with van der Waals surface area (Å²) in [6.07, 6.45) is 0.851. The maximum absolute atomic E-state index is 11.2.